The zero-order valence-corrected chi connectivity index (χ0v) is 20.0. The van der Waals surface area contributed by atoms with Crippen LogP contribution in [-0.4, -0.2) is 8.42 Å². The van der Waals surface area contributed by atoms with Crippen LogP contribution in [-0.2, 0) is 14.4 Å². The van der Waals surface area contributed by atoms with E-state index < -0.39 is 22.8 Å². The molecule has 0 atom stereocenters. The molecule has 3 aromatic rings. The lowest BCUT2D eigenvalue weighted by Gasteiger charge is -2.27. The number of allylic oxidation sites excluding steroid dienone is 2. The highest BCUT2D eigenvalue weighted by Crippen LogP contribution is 2.56. The van der Waals surface area contributed by atoms with Crippen molar-refractivity contribution >= 4 is 27.6 Å². The molecule has 1 fully saturated rings. The second-order valence-corrected chi connectivity index (χ2v) is 12.9. The predicted molar refractivity (Wildman–Crippen MR) is 133 cm³/mol. The SMILES string of the molecule is C=C(C(=C1CCCCC1)S(=O)(=O)c1ccc(F)cc1)P(=O)(c1ccccc1)c1ccccc1. The van der Waals surface area contributed by atoms with E-state index in [4.69, 9.17) is 0 Å². The Morgan fingerprint density at radius 1 is 0.758 bits per heavy atom. The lowest BCUT2D eigenvalue weighted by molar-refractivity contribution is 0.582. The van der Waals surface area contributed by atoms with E-state index in [0.717, 1.165) is 37.0 Å². The Bertz CT molecular complexity index is 1280. The number of benzene rings is 3. The maximum Gasteiger partial charge on any atom is 0.207 e. The van der Waals surface area contributed by atoms with Gasteiger partial charge < -0.3 is 4.57 Å². The molecule has 1 aliphatic carbocycles. The Balaban J connectivity index is 1.97. The molecule has 0 spiro atoms. The third-order valence-electron chi connectivity index (χ3n) is 6.05. The average molecular weight is 481 g/mol. The maximum atomic E-state index is 14.9. The van der Waals surface area contributed by atoms with Crippen molar-refractivity contribution in [3.63, 3.8) is 0 Å². The van der Waals surface area contributed by atoms with E-state index in [-0.39, 0.29) is 15.1 Å². The standard InChI is InChI=1S/C27H26FO3PS/c1-21(32(29,24-13-7-3-8-14-24)25-15-9-4-10-16-25)27(22-11-5-2-6-12-22)33(30,31)26-19-17-23(28)18-20-26/h3-4,7-10,13-20H,1-2,5-6,11-12H2. The molecule has 0 bridgehead atoms. The molecule has 1 saturated carbocycles. The maximum absolute atomic E-state index is 14.9. The summed E-state index contributed by atoms with van der Waals surface area (Å²) in [5.74, 6) is -0.515. The van der Waals surface area contributed by atoms with Gasteiger partial charge >= 0.3 is 0 Å². The second kappa shape index (κ2) is 9.62. The van der Waals surface area contributed by atoms with E-state index in [1.54, 1.807) is 48.5 Å². The van der Waals surface area contributed by atoms with Crippen LogP contribution in [0, 0.1) is 5.82 Å². The monoisotopic (exact) mass is 480 g/mol. The van der Waals surface area contributed by atoms with Gasteiger partial charge in [0, 0.05) is 15.9 Å². The summed E-state index contributed by atoms with van der Waals surface area (Å²) < 4.78 is 56.3. The summed E-state index contributed by atoms with van der Waals surface area (Å²) in [4.78, 5) is 0.0237. The molecule has 0 unspecified atom stereocenters. The molecule has 0 heterocycles. The van der Waals surface area contributed by atoms with Gasteiger partial charge in [-0.3, -0.25) is 0 Å². The zero-order valence-electron chi connectivity index (χ0n) is 18.3. The number of hydrogen-bond donors (Lipinski definition) is 0. The van der Waals surface area contributed by atoms with Crippen LogP contribution >= 0.6 is 7.14 Å². The molecule has 0 amide bonds. The van der Waals surface area contributed by atoms with Crippen LogP contribution in [0.4, 0.5) is 4.39 Å². The fourth-order valence-corrected chi connectivity index (χ4v) is 9.29. The Labute approximate surface area is 195 Å². The normalized spacial score (nSPS) is 14.6. The topological polar surface area (TPSA) is 51.2 Å². The highest BCUT2D eigenvalue weighted by molar-refractivity contribution is 7.97. The van der Waals surface area contributed by atoms with E-state index in [9.17, 15) is 17.4 Å². The van der Waals surface area contributed by atoms with Crippen molar-refractivity contribution in [1.82, 2.24) is 0 Å². The minimum absolute atomic E-state index is 0.0224. The highest BCUT2D eigenvalue weighted by Gasteiger charge is 2.39. The summed E-state index contributed by atoms with van der Waals surface area (Å²) in [5.41, 5.74) is 0.752. The van der Waals surface area contributed by atoms with Gasteiger partial charge in [-0.15, -0.1) is 0 Å². The van der Waals surface area contributed by atoms with Crippen molar-refractivity contribution in [2.24, 2.45) is 0 Å². The van der Waals surface area contributed by atoms with E-state index in [1.807, 2.05) is 12.1 Å². The van der Waals surface area contributed by atoms with Crippen LogP contribution in [0.2, 0.25) is 0 Å². The smallest absolute Gasteiger partial charge is 0.207 e. The Morgan fingerprint density at radius 3 is 1.73 bits per heavy atom. The third-order valence-corrected chi connectivity index (χ3v) is 11.2. The van der Waals surface area contributed by atoms with Gasteiger partial charge in [-0.05, 0) is 49.9 Å². The third kappa shape index (κ3) is 4.53. The number of sulfone groups is 1. The molecule has 170 valence electrons. The molecule has 4 rings (SSSR count). The quantitative estimate of drug-likeness (QED) is 0.305. The highest BCUT2D eigenvalue weighted by atomic mass is 32.2. The lowest BCUT2D eigenvalue weighted by atomic mass is 9.94. The van der Waals surface area contributed by atoms with Crippen molar-refractivity contribution in [3.05, 3.63) is 113 Å². The Hall–Kier alpha value is -2.75. The second-order valence-electron chi connectivity index (χ2n) is 8.18. The molecule has 1 aliphatic rings. The van der Waals surface area contributed by atoms with Gasteiger partial charge in [0.15, 0.2) is 7.14 Å². The number of hydrogen-bond acceptors (Lipinski definition) is 3. The fourth-order valence-electron chi connectivity index (χ4n) is 4.37. The first-order chi connectivity index (χ1) is 15.8. The molecule has 0 radical (unpaired) electrons. The van der Waals surface area contributed by atoms with Gasteiger partial charge in [0.05, 0.1) is 9.80 Å². The number of halogens is 1. The molecule has 6 heteroatoms. The molecule has 3 nitrogen and oxygen atoms in total. The van der Waals surface area contributed by atoms with Crippen molar-refractivity contribution in [2.45, 2.75) is 37.0 Å². The van der Waals surface area contributed by atoms with Crippen LogP contribution in [0.5, 0.6) is 0 Å². The minimum atomic E-state index is -4.07. The minimum Gasteiger partial charge on any atom is -0.309 e. The molecule has 3 aromatic carbocycles. The lowest BCUT2D eigenvalue weighted by Crippen LogP contribution is -2.21. The molecular weight excluding hydrogens is 454 g/mol. The van der Waals surface area contributed by atoms with Crippen molar-refractivity contribution in [1.29, 1.82) is 0 Å². The van der Waals surface area contributed by atoms with E-state index in [0.29, 0.717) is 23.5 Å². The zero-order chi connectivity index (χ0) is 23.5. The van der Waals surface area contributed by atoms with E-state index >= 15 is 0 Å². The Kier molecular flexibility index (Phi) is 6.83. The molecule has 0 saturated heterocycles. The molecule has 0 aromatic heterocycles. The van der Waals surface area contributed by atoms with Crippen LogP contribution < -0.4 is 10.6 Å². The molecular formula is C27H26FO3PS. The van der Waals surface area contributed by atoms with Gasteiger partial charge in [0.25, 0.3) is 0 Å². The van der Waals surface area contributed by atoms with Crippen LogP contribution in [0.15, 0.2) is 112 Å². The van der Waals surface area contributed by atoms with Gasteiger partial charge in [0.1, 0.15) is 5.82 Å². The first-order valence-electron chi connectivity index (χ1n) is 11.0. The summed E-state index contributed by atoms with van der Waals surface area (Å²) in [6, 6.07) is 22.6. The summed E-state index contributed by atoms with van der Waals surface area (Å²) in [7, 11) is -7.64. The van der Waals surface area contributed by atoms with Crippen molar-refractivity contribution < 1.29 is 17.4 Å². The van der Waals surface area contributed by atoms with Crippen LogP contribution in [0.1, 0.15) is 32.1 Å². The summed E-state index contributed by atoms with van der Waals surface area (Å²) in [5, 5.41) is 1.18. The predicted octanol–water partition coefficient (Wildman–Crippen LogP) is 6.35. The number of rotatable bonds is 6. The summed E-state index contributed by atoms with van der Waals surface area (Å²) in [6.07, 6.45) is 3.98. The summed E-state index contributed by atoms with van der Waals surface area (Å²) >= 11 is 0. The van der Waals surface area contributed by atoms with Gasteiger partial charge in [-0.25, -0.2) is 12.8 Å². The van der Waals surface area contributed by atoms with Crippen molar-refractivity contribution in [2.75, 3.05) is 0 Å². The van der Waals surface area contributed by atoms with Gasteiger partial charge in [-0.1, -0.05) is 79.2 Å². The van der Waals surface area contributed by atoms with E-state index in [2.05, 4.69) is 6.58 Å². The van der Waals surface area contributed by atoms with Crippen LogP contribution in [0.25, 0.3) is 0 Å². The van der Waals surface area contributed by atoms with Crippen molar-refractivity contribution in [3.8, 4) is 0 Å². The fraction of sp³-hybridized carbons (Fsp3) is 0.185. The first-order valence-corrected chi connectivity index (χ1v) is 14.2. The van der Waals surface area contributed by atoms with Crippen LogP contribution in [0.3, 0.4) is 0 Å². The van der Waals surface area contributed by atoms with E-state index in [1.165, 1.54) is 12.1 Å². The largest absolute Gasteiger partial charge is 0.309 e. The average Bonchev–Trinajstić information content (AvgIpc) is 2.85. The molecule has 0 N–H and O–H groups in total. The Morgan fingerprint density at radius 2 is 1.24 bits per heavy atom. The molecule has 0 aliphatic heterocycles. The molecule has 33 heavy (non-hydrogen) atoms. The first kappa shape index (κ1) is 23.4. The summed E-state index contributed by atoms with van der Waals surface area (Å²) in [6.45, 7) is 4.19. The van der Waals surface area contributed by atoms with Gasteiger partial charge in [0.2, 0.25) is 9.84 Å². The van der Waals surface area contributed by atoms with Gasteiger partial charge in [-0.2, -0.15) is 0 Å².